The first kappa shape index (κ1) is 14.5. The highest BCUT2D eigenvalue weighted by atomic mass is 32.2. The van der Waals surface area contributed by atoms with Crippen LogP contribution in [-0.4, -0.2) is 33.6 Å². The van der Waals surface area contributed by atoms with Gasteiger partial charge in [-0.2, -0.15) is 0 Å². The minimum atomic E-state index is -4.13. The second-order valence-electron chi connectivity index (χ2n) is 3.26. The molecule has 0 radical (unpaired) electrons. The van der Waals surface area contributed by atoms with Crippen molar-refractivity contribution in [3.63, 3.8) is 0 Å². The standard InChI is InChI=1S/C9H11FN2O5S/c1-17-5-4-11-18(15,16)9-6-7(12(13)14)2-3-8(9)10/h2-3,6,11H,4-5H2,1H3. The third kappa shape index (κ3) is 3.45. The van der Waals surface area contributed by atoms with Crippen molar-refractivity contribution < 1.29 is 22.5 Å². The molecule has 1 aromatic carbocycles. The van der Waals surface area contributed by atoms with Crippen molar-refractivity contribution in [1.29, 1.82) is 0 Å². The summed E-state index contributed by atoms with van der Waals surface area (Å²) in [7, 11) is -2.75. The Bertz CT molecular complexity index is 546. The minimum Gasteiger partial charge on any atom is -0.383 e. The van der Waals surface area contributed by atoms with Gasteiger partial charge in [-0.05, 0) is 6.07 Å². The van der Waals surface area contributed by atoms with Gasteiger partial charge in [-0.25, -0.2) is 17.5 Å². The molecule has 0 aromatic heterocycles. The lowest BCUT2D eigenvalue weighted by molar-refractivity contribution is -0.385. The van der Waals surface area contributed by atoms with Crippen molar-refractivity contribution in [3.8, 4) is 0 Å². The molecule has 1 aromatic rings. The number of hydrogen-bond donors (Lipinski definition) is 1. The molecule has 0 amide bonds. The molecule has 0 aliphatic heterocycles. The van der Waals surface area contributed by atoms with E-state index < -0.39 is 31.3 Å². The van der Waals surface area contributed by atoms with E-state index in [1.807, 2.05) is 0 Å². The normalized spacial score (nSPS) is 11.4. The fourth-order valence-electron chi connectivity index (χ4n) is 1.17. The van der Waals surface area contributed by atoms with Crippen LogP contribution >= 0.6 is 0 Å². The average molecular weight is 278 g/mol. The van der Waals surface area contributed by atoms with Crippen LogP contribution < -0.4 is 4.72 Å². The molecule has 0 spiro atoms. The second-order valence-corrected chi connectivity index (χ2v) is 5.00. The van der Waals surface area contributed by atoms with Crippen LogP contribution in [0.2, 0.25) is 0 Å². The predicted octanol–water partition coefficient (Wildman–Crippen LogP) is 0.659. The summed E-state index contributed by atoms with van der Waals surface area (Å²) < 4.78 is 43.4. The molecular weight excluding hydrogens is 267 g/mol. The Morgan fingerprint density at radius 3 is 2.72 bits per heavy atom. The van der Waals surface area contributed by atoms with Gasteiger partial charge in [0.05, 0.1) is 11.5 Å². The van der Waals surface area contributed by atoms with E-state index in [0.717, 1.165) is 12.1 Å². The summed E-state index contributed by atoms with van der Waals surface area (Å²) >= 11 is 0. The lowest BCUT2D eigenvalue weighted by Crippen LogP contribution is -2.28. The number of benzene rings is 1. The van der Waals surface area contributed by atoms with E-state index in [0.29, 0.717) is 6.07 Å². The van der Waals surface area contributed by atoms with Gasteiger partial charge in [0, 0.05) is 25.8 Å². The molecule has 1 N–H and O–H groups in total. The summed E-state index contributed by atoms with van der Waals surface area (Å²) in [6.07, 6.45) is 0. The Balaban J connectivity index is 3.07. The summed E-state index contributed by atoms with van der Waals surface area (Å²) in [6, 6.07) is 2.30. The Labute approximate surface area is 103 Å². The molecule has 0 saturated heterocycles. The highest BCUT2D eigenvalue weighted by Crippen LogP contribution is 2.20. The number of nitrogens with zero attached hydrogens (tertiary/aromatic N) is 1. The van der Waals surface area contributed by atoms with Gasteiger partial charge in [-0.15, -0.1) is 0 Å². The monoisotopic (exact) mass is 278 g/mol. The fourth-order valence-corrected chi connectivity index (χ4v) is 2.28. The molecule has 0 aliphatic rings. The number of rotatable bonds is 6. The molecule has 0 heterocycles. The van der Waals surface area contributed by atoms with Crippen LogP contribution in [0, 0.1) is 15.9 Å². The number of halogens is 1. The van der Waals surface area contributed by atoms with Crippen LogP contribution in [0.25, 0.3) is 0 Å². The van der Waals surface area contributed by atoms with Crippen LogP contribution in [0.15, 0.2) is 23.1 Å². The Kier molecular flexibility index (Phi) is 4.70. The lowest BCUT2D eigenvalue weighted by atomic mass is 10.3. The van der Waals surface area contributed by atoms with Crippen molar-refractivity contribution in [2.45, 2.75) is 4.90 Å². The third-order valence-electron chi connectivity index (χ3n) is 2.01. The number of methoxy groups -OCH3 is 1. The van der Waals surface area contributed by atoms with Crippen LogP contribution in [0.3, 0.4) is 0 Å². The molecule has 0 bridgehead atoms. The zero-order chi connectivity index (χ0) is 13.8. The van der Waals surface area contributed by atoms with E-state index in [2.05, 4.69) is 9.46 Å². The quantitative estimate of drug-likeness (QED) is 0.468. The summed E-state index contributed by atoms with van der Waals surface area (Å²) in [4.78, 5) is 8.94. The Hall–Kier alpha value is -1.58. The van der Waals surface area contributed by atoms with E-state index >= 15 is 0 Å². The first-order chi connectivity index (χ1) is 8.38. The number of nitro groups is 1. The number of nitrogens with one attached hydrogen (secondary N) is 1. The zero-order valence-corrected chi connectivity index (χ0v) is 10.2. The molecule has 7 nitrogen and oxygen atoms in total. The molecular formula is C9H11FN2O5S. The fraction of sp³-hybridized carbons (Fsp3) is 0.333. The van der Waals surface area contributed by atoms with Crippen LogP contribution in [-0.2, 0) is 14.8 Å². The van der Waals surface area contributed by atoms with Gasteiger partial charge in [0.2, 0.25) is 10.0 Å². The Morgan fingerprint density at radius 2 is 2.17 bits per heavy atom. The van der Waals surface area contributed by atoms with Crippen LogP contribution in [0.4, 0.5) is 10.1 Å². The molecule has 0 atom stereocenters. The van der Waals surface area contributed by atoms with E-state index in [4.69, 9.17) is 0 Å². The first-order valence-corrected chi connectivity index (χ1v) is 6.29. The van der Waals surface area contributed by atoms with Crippen molar-refractivity contribution in [3.05, 3.63) is 34.1 Å². The largest absolute Gasteiger partial charge is 0.383 e. The van der Waals surface area contributed by atoms with Crippen molar-refractivity contribution in [2.75, 3.05) is 20.3 Å². The van der Waals surface area contributed by atoms with Gasteiger partial charge in [0.25, 0.3) is 5.69 Å². The minimum absolute atomic E-state index is 0.0546. The van der Waals surface area contributed by atoms with Gasteiger partial charge >= 0.3 is 0 Å². The number of non-ortho nitro benzene ring substituents is 1. The van der Waals surface area contributed by atoms with Gasteiger partial charge in [-0.3, -0.25) is 10.1 Å². The molecule has 0 saturated carbocycles. The Morgan fingerprint density at radius 1 is 1.50 bits per heavy atom. The number of nitro benzene ring substituents is 1. The number of sulfonamides is 1. The second kappa shape index (κ2) is 5.85. The zero-order valence-electron chi connectivity index (χ0n) is 9.42. The number of hydrogen-bond acceptors (Lipinski definition) is 5. The lowest BCUT2D eigenvalue weighted by Gasteiger charge is -2.06. The summed E-state index contributed by atoms with van der Waals surface area (Å²) in [5.41, 5.74) is -0.497. The van der Waals surface area contributed by atoms with Crippen LogP contribution in [0.1, 0.15) is 0 Å². The predicted molar refractivity (Wildman–Crippen MR) is 60.1 cm³/mol. The molecule has 18 heavy (non-hydrogen) atoms. The first-order valence-electron chi connectivity index (χ1n) is 4.81. The van der Waals surface area contributed by atoms with Gasteiger partial charge in [0.1, 0.15) is 10.7 Å². The number of ether oxygens (including phenoxy) is 1. The van der Waals surface area contributed by atoms with Crippen molar-refractivity contribution in [1.82, 2.24) is 4.72 Å². The van der Waals surface area contributed by atoms with Gasteiger partial charge in [-0.1, -0.05) is 0 Å². The van der Waals surface area contributed by atoms with Crippen molar-refractivity contribution >= 4 is 15.7 Å². The molecule has 9 heteroatoms. The topological polar surface area (TPSA) is 98.5 Å². The third-order valence-corrected chi connectivity index (χ3v) is 3.49. The molecule has 0 aliphatic carbocycles. The SMILES string of the molecule is COCCNS(=O)(=O)c1cc([N+](=O)[O-])ccc1F. The van der Waals surface area contributed by atoms with E-state index in [9.17, 15) is 22.9 Å². The van der Waals surface area contributed by atoms with Crippen molar-refractivity contribution in [2.24, 2.45) is 0 Å². The maximum absolute atomic E-state index is 13.4. The average Bonchev–Trinajstić information content (AvgIpc) is 2.29. The maximum Gasteiger partial charge on any atom is 0.270 e. The smallest absolute Gasteiger partial charge is 0.270 e. The van der Waals surface area contributed by atoms with Gasteiger partial charge < -0.3 is 4.74 Å². The highest BCUT2D eigenvalue weighted by molar-refractivity contribution is 7.89. The summed E-state index contributed by atoms with van der Waals surface area (Å²) in [5.74, 6) is -1.05. The van der Waals surface area contributed by atoms with E-state index in [-0.39, 0.29) is 13.2 Å². The molecule has 0 fully saturated rings. The molecule has 1 rings (SSSR count). The van der Waals surface area contributed by atoms with E-state index in [1.165, 1.54) is 7.11 Å². The van der Waals surface area contributed by atoms with Crippen LogP contribution in [0.5, 0.6) is 0 Å². The summed E-state index contributed by atoms with van der Waals surface area (Å²) in [6.45, 7) is 0.0523. The molecule has 0 unspecified atom stereocenters. The van der Waals surface area contributed by atoms with E-state index in [1.54, 1.807) is 0 Å². The highest BCUT2D eigenvalue weighted by Gasteiger charge is 2.22. The maximum atomic E-state index is 13.4. The molecule has 100 valence electrons. The van der Waals surface area contributed by atoms with Gasteiger partial charge in [0.15, 0.2) is 0 Å². The summed E-state index contributed by atoms with van der Waals surface area (Å²) in [5, 5.41) is 10.5.